The van der Waals surface area contributed by atoms with Crippen LogP contribution in [0.15, 0.2) is 18.3 Å². The minimum atomic E-state index is -0.368. The van der Waals surface area contributed by atoms with Crippen LogP contribution in [0.4, 0.5) is 5.82 Å². The van der Waals surface area contributed by atoms with E-state index in [0.717, 1.165) is 25.8 Å². The van der Waals surface area contributed by atoms with E-state index in [1.807, 2.05) is 0 Å². The summed E-state index contributed by atoms with van der Waals surface area (Å²) in [5, 5.41) is 5.87. The van der Waals surface area contributed by atoms with Crippen LogP contribution in [-0.2, 0) is 4.79 Å². The molecule has 112 valence electrons. The molecule has 2 amide bonds. The van der Waals surface area contributed by atoms with Crippen molar-refractivity contribution in [1.29, 1.82) is 0 Å². The SMILES string of the molecule is CNc1cc(C(=O)N2CCC3(CCCNC3=O)C2)ccn1. The van der Waals surface area contributed by atoms with Gasteiger partial charge in [-0.2, -0.15) is 0 Å². The van der Waals surface area contributed by atoms with Crippen LogP contribution < -0.4 is 10.6 Å². The molecule has 0 bridgehead atoms. The molecular formula is C15H20N4O2. The van der Waals surface area contributed by atoms with E-state index >= 15 is 0 Å². The molecule has 6 nitrogen and oxygen atoms in total. The van der Waals surface area contributed by atoms with Gasteiger partial charge < -0.3 is 15.5 Å². The summed E-state index contributed by atoms with van der Waals surface area (Å²) < 4.78 is 0. The number of carbonyl (C=O) groups is 2. The van der Waals surface area contributed by atoms with Gasteiger partial charge >= 0.3 is 0 Å². The predicted octanol–water partition coefficient (Wildman–Crippen LogP) is 0.866. The van der Waals surface area contributed by atoms with Gasteiger partial charge in [-0.25, -0.2) is 4.98 Å². The summed E-state index contributed by atoms with van der Waals surface area (Å²) in [6.45, 7) is 1.92. The normalized spacial score (nSPS) is 25.0. The van der Waals surface area contributed by atoms with Gasteiger partial charge in [0.25, 0.3) is 5.91 Å². The number of nitrogens with one attached hydrogen (secondary N) is 2. The highest BCUT2D eigenvalue weighted by atomic mass is 16.2. The average Bonchev–Trinajstić information content (AvgIpc) is 2.95. The van der Waals surface area contributed by atoms with Crippen LogP contribution in [0.2, 0.25) is 0 Å². The number of likely N-dealkylation sites (tertiary alicyclic amines) is 1. The fourth-order valence-electron chi connectivity index (χ4n) is 3.25. The highest BCUT2D eigenvalue weighted by Crippen LogP contribution is 2.37. The van der Waals surface area contributed by atoms with E-state index in [-0.39, 0.29) is 17.2 Å². The molecule has 6 heteroatoms. The smallest absolute Gasteiger partial charge is 0.254 e. The van der Waals surface area contributed by atoms with E-state index in [1.54, 1.807) is 30.3 Å². The number of aromatic nitrogens is 1. The first kappa shape index (κ1) is 13.9. The van der Waals surface area contributed by atoms with Crippen molar-refractivity contribution < 1.29 is 9.59 Å². The number of hydrogen-bond donors (Lipinski definition) is 2. The Balaban J connectivity index is 1.76. The van der Waals surface area contributed by atoms with Gasteiger partial charge in [0.1, 0.15) is 5.82 Å². The molecule has 2 N–H and O–H groups in total. The first-order valence-corrected chi connectivity index (χ1v) is 7.36. The summed E-state index contributed by atoms with van der Waals surface area (Å²) in [6, 6.07) is 3.46. The van der Waals surface area contributed by atoms with Crippen molar-refractivity contribution in [3.05, 3.63) is 23.9 Å². The molecule has 2 aliphatic heterocycles. The number of pyridine rings is 1. The molecule has 1 atom stereocenters. The van der Waals surface area contributed by atoms with Crippen LogP contribution in [0.5, 0.6) is 0 Å². The summed E-state index contributed by atoms with van der Waals surface area (Å²) in [5.74, 6) is 0.754. The van der Waals surface area contributed by atoms with Crippen LogP contribution in [0.3, 0.4) is 0 Å². The van der Waals surface area contributed by atoms with Crippen molar-refractivity contribution in [2.75, 3.05) is 32.0 Å². The molecule has 0 saturated carbocycles. The maximum absolute atomic E-state index is 12.6. The third kappa shape index (κ3) is 2.46. The topological polar surface area (TPSA) is 74.3 Å². The Morgan fingerprint density at radius 2 is 2.33 bits per heavy atom. The number of amides is 2. The second-order valence-corrected chi connectivity index (χ2v) is 5.80. The van der Waals surface area contributed by atoms with Crippen LogP contribution >= 0.6 is 0 Å². The predicted molar refractivity (Wildman–Crippen MR) is 79.0 cm³/mol. The second kappa shape index (κ2) is 5.35. The zero-order valence-corrected chi connectivity index (χ0v) is 12.2. The molecule has 3 rings (SSSR count). The van der Waals surface area contributed by atoms with Crippen molar-refractivity contribution in [2.45, 2.75) is 19.3 Å². The third-order valence-corrected chi connectivity index (χ3v) is 4.50. The Labute approximate surface area is 123 Å². The number of hydrogen-bond acceptors (Lipinski definition) is 4. The molecule has 2 saturated heterocycles. The zero-order chi connectivity index (χ0) is 14.9. The molecule has 21 heavy (non-hydrogen) atoms. The lowest BCUT2D eigenvalue weighted by Gasteiger charge is -2.32. The lowest BCUT2D eigenvalue weighted by molar-refractivity contribution is -0.132. The summed E-state index contributed by atoms with van der Waals surface area (Å²) in [7, 11) is 1.77. The molecule has 0 radical (unpaired) electrons. The first-order chi connectivity index (χ1) is 10.1. The Bertz CT molecular complexity index is 575. The van der Waals surface area contributed by atoms with E-state index in [9.17, 15) is 9.59 Å². The minimum absolute atomic E-state index is 0.0239. The van der Waals surface area contributed by atoms with Crippen LogP contribution in [-0.4, -0.2) is 48.4 Å². The molecule has 3 heterocycles. The highest BCUT2D eigenvalue weighted by molar-refractivity contribution is 5.96. The van der Waals surface area contributed by atoms with Crippen molar-refractivity contribution in [1.82, 2.24) is 15.2 Å². The largest absolute Gasteiger partial charge is 0.373 e. The second-order valence-electron chi connectivity index (χ2n) is 5.80. The maximum Gasteiger partial charge on any atom is 0.254 e. The monoisotopic (exact) mass is 288 g/mol. The van der Waals surface area contributed by atoms with Gasteiger partial charge in [0.15, 0.2) is 0 Å². The summed E-state index contributed by atoms with van der Waals surface area (Å²) in [5.41, 5.74) is 0.245. The van der Waals surface area contributed by atoms with Crippen molar-refractivity contribution >= 4 is 17.6 Å². The summed E-state index contributed by atoms with van der Waals surface area (Å²) in [6.07, 6.45) is 4.25. The number of piperidine rings is 1. The van der Waals surface area contributed by atoms with Gasteiger partial charge in [0.05, 0.1) is 5.41 Å². The van der Waals surface area contributed by atoms with E-state index < -0.39 is 0 Å². The lowest BCUT2D eigenvalue weighted by Crippen LogP contribution is -2.47. The molecule has 1 aromatic rings. The lowest BCUT2D eigenvalue weighted by atomic mass is 9.79. The zero-order valence-electron chi connectivity index (χ0n) is 12.2. The van der Waals surface area contributed by atoms with Crippen molar-refractivity contribution in [3.63, 3.8) is 0 Å². The van der Waals surface area contributed by atoms with Gasteiger partial charge in [0.2, 0.25) is 5.91 Å². The van der Waals surface area contributed by atoms with Gasteiger partial charge in [-0.05, 0) is 31.4 Å². The fourth-order valence-corrected chi connectivity index (χ4v) is 3.25. The number of anilines is 1. The van der Waals surface area contributed by atoms with Crippen LogP contribution in [0, 0.1) is 5.41 Å². The van der Waals surface area contributed by atoms with Gasteiger partial charge in [-0.1, -0.05) is 0 Å². The van der Waals surface area contributed by atoms with Gasteiger partial charge in [-0.15, -0.1) is 0 Å². The molecule has 2 fully saturated rings. The number of rotatable bonds is 2. The number of nitrogens with zero attached hydrogens (tertiary/aromatic N) is 2. The fraction of sp³-hybridized carbons (Fsp3) is 0.533. The molecule has 0 aromatic carbocycles. The van der Waals surface area contributed by atoms with E-state index in [1.165, 1.54) is 0 Å². The van der Waals surface area contributed by atoms with Gasteiger partial charge in [0, 0.05) is 38.4 Å². The minimum Gasteiger partial charge on any atom is -0.373 e. The van der Waals surface area contributed by atoms with Crippen molar-refractivity contribution in [2.24, 2.45) is 5.41 Å². The quantitative estimate of drug-likeness (QED) is 0.846. The average molecular weight is 288 g/mol. The Morgan fingerprint density at radius 1 is 1.48 bits per heavy atom. The van der Waals surface area contributed by atoms with E-state index in [2.05, 4.69) is 15.6 Å². The van der Waals surface area contributed by atoms with Crippen LogP contribution in [0.1, 0.15) is 29.6 Å². The van der Waals surface area contributed by atoms with Crippen LogP contribution in [0.25, 0.3) is 0 Å². The Hall–Kier alpha value is -2.11. The molecule has 1 unspecified atom stereocenters. The van der Waals surface area contributed by atoms with Crippen molar-refractivity contribution in [3.8, 4) is 0 Å². The van der Waals surface area contributed by atoms with Gasteiger partial charge in [-0.3, -0.25) is 9.59 Å². The highest BCUT2D eigenvalue weighted by Gasteiger charge is 2.46. The molecule has 1 aromatic heterocycles. The first-order valence-electron chi connectivity index (χ1n) is 7.36. The Morgan fingerprint density at radius 3 is 3.10 bits per heavy atom. The Kier molecular flexibility index (Phi) is 3.53. The summed E-state index contributed by atoms with van der Waals surface area (Å²) in [4.78, 5) is 30.6. The molecule has 0 aliphatic carbocycles. The third-order valence-electron chi connectivity index (χ3n) is 4.50. The molecule has 1 spiro atoms. The maximum atomic E-state index is 12.6. The standard InChI is InChI=1S/C15H20N4O2/c1-16-12-9-11(3-7-17-12)13(20)19-8-5-15(10-19)4-2-6-18-14(15)21/h3,7,9H,2,4-6,8,10H2,1H3,(H,16,17)(H,18,21). The molecular weight excluding hydrogens is 268 g/mol. The number of carbonyl (C=O) groups excluding carboxylic acids is 2. The van der Waals surface area contributed by atoms with E-state index in [0.29, 0.717) is 24.5 Å². The molecule has 2 aliphatic rings. The summed E-state index contributed by atoms with van der Waals surface area (Å²) >= 11 is 0. The van der Waals surface area contributed by atoms with E-state index in [4.69, 9.17) is 0 Å².